The van der Waals surface area contributed by atoms with Crippen molar-refractivity contribution in [2.75, 3.05) is 19.8 Å². The van der Waals surface area contributed by atoms with Gasteiger partial charge in [-0.2, -0.15) is 0 Å². The zero-order chi connectivity index (χ0) is 14.4. The van der Waals surface area contributed by atoms with E-state index in [1.54, 1.807) is 0 Å². The molecule has 110 valence electrons. The van der Waals surface area contributed by atoms with Crippen LogP contribution in [0.5, 0.6) is 5.75 Å². The number of hydrogen-bond donors (Lipinski definition) is 2. The highest BCUT2D eigenvalue weighted by Gasteiger charge is 2.16. The van der Waals surface area contributed by atoms with Crippen molar-refractivity contribution < 1.29 is 18.7 Å². The Labute approximate surface area is 117 Å². The molecule has 0 aliphatic carbocycles. The number of hydrogen-bond acceptors (Lipinski definition) is 4. The van der Waals surface area contributed by atoms with E-state index in [9.17, 15) is 9.18 Å². The number of ether oxygens (including phenoxy) is 2. The Morgan fingerprint density at radius 1 is 1.45 bits per heavy atom. The highest BCUT2D eigenvalue weighted by Crippen LogP contribution is 2.19. The minimum atomic E-state index is -0.371. The van der Waals surface area contributed by atoms with E-state index in [-0.39, 0.29) is 30.9 Å². The highest BCUT2D eigenvalue weighted by molar-refractivity contribution is 5.77. The Morgan fingerprint density at radius 2 is 2.20 bits per heavy atom. The SMILES string of the molecule is NCc1cc(F)ccc1OCC(=O)NC1CCOCC1. The largest absolute Gasteiger partial charge is 0.483 e. The lowest BCUT2D eigenvalue weighted by Crippen LogP contribution is -2.41. The van der Waals surface area contributed by atoms with Crippen LogP contribution in [0.4, 0.5) is 4.39 Å². The van der Waals surface area contributed by atoms with Crippen LogP contribution < -0.4 is 15.8 Å². The summed E-state index contributed by atoms with van der Waals surface area (Å²) >= 11 is 0. The van der Waals surface area contributed by atoms with Gasteiger partial charge in [0, 0.05) is 31.4 Å². The van der Waals surface area contributed by atoms with Crippen LogP contribution in [0, 0.1) is 5.82 Å². The van der Waals surface area contributed by atoms with Crippen LogP contribution in [0.25, 0.3) is 0 Å². The molecule has 1 saturated heterocycles. The van der Waals surface area contributed by atoms with Crippen LogP contribution in [-0.4, -0.2) is 31.8 Å². The molecule has 1 fully saturated rings. The van der Waals surface area contributed by atoms with Crippen LogP contribution in [0.15, 0.2) is 18.2 Å². The number of carbonyl (C=O) groups is 1. The molecule has 1 aliphatic rings. The zero-order valence-corrected chi connectivity index (χ0v) is 11.2. The molecule has 1 aromatic rings. The molecule has 2 rings (SSSR count). The summed E-state index contributed by atoms with van der Waals surface area (Å²) in [5, 5.41) is 2.89. The summed E-state index contributed by atoms with van der Waals surface area (Å²) in [6, 6.07) is 4.22. The van der Waals surface area contributed by atoms with E-state index in [0.717, 1.165) is 12.8 Å². The van der Waals surface area contributed by atoms with E-state index in [2.05, 4.69) is 5.32 Å². The van der Waals surface area contributed by atoms with E-state index in [0.29, 0.717) is 24.5 Å². The van der Waals surface area contributed by atoms with E-state index in [1.807, 2.05) is 0 Å². The van der Waals surface area contributed by atoms with Crippen LogP contribution in [-0.2, 0) is 16.1 Å². The second-order valence-electron chi connectivity index (χ2n) is 4.70. The molecule has 1 heterocycles. The average molecular weight is 282 g/mol. The molecule has 6 heteroatoms. The van der Waals surface area contributed by atoms with Crippen molar-refractivity contribution in [1.82, 2.24) is 5.32 Å². The predicted octanol–water partition coefficient (Wildman–Crippen LogP) is 0.958. The van der Waals surface area contributed by atoms with Gasteiger partial charge in [0.15, 0.2) is 6.61 Å². The maximum Gasteiger partial charge on any atom is 0.258 e. The van der Waals surface area contributed by atoms with Crippen LogP contribution >= 0.6 is 0 Å². The van der Waals surface area contributed by atoms with E-state index in [4.69, 9.17) is 15.2 Å². The van der Waals surface area contributed by atoms with E-state index >= 15 is 0 Å². The Balaban J connectivity index is 1.83. The Kier molecular flexibility index (Phi) is 5.31. The number of benzene rings is 1. The number of rotatable bonds is 5. The maximum atomic E-state index is 13.0. The van der Waals surface area contributed by atoms with Crippen molar-refractivity contribution in [2.24, 2.45) is 5.73 Å². The van der Waals surface area contributed by atoms with E-state index in [1.165, 1.54) is 18.2 Å². The highest BCUT2D eigenvalue weighted by atomic mass is 19.1. The van der Waals surface area contributed by atoms with Crippen LogP contribution in [0.3, 0.4) is 0 Å². The first kappa shape index (κ1) is 14.7. The molecular formula is C14H19FN2O3. The normalized spacial score (nSPS) is 15.9. The summed E-state index contributed by atoms with van der Waals surface area (Å²) in [5.74, 6) is -0.121. The number of amides is 1. The Bertz CT molecular complexity index is 462. The van der Waals surface area contributed by atoms with Crippen LogP contribution in [0.2, 0.25) is 0 Å². The minimum absolute atomic E-state index is 0.101. The van der Waals surface area contributed by atoms with Gasteiger partial charge in [0.2, 0.25) is 0 Å². The number of nitrogens with one attached hydrogen (secondary N) is 1. The van der Waals surface area contributed by atoms with Gasteiger partial charge in [0.1, 0.15) is 11.6 Å². The molecule has 1 aliphatic heterocycles. The molecule has 0 spiro atoms. The monoisotopic (exact) mass is 282 g/mol. The lowest BCUT2D eigenvalue weighted by molar-refractivity contribution is -0.124. The molecule has 0 radical (unpaired) electrons. The summed E-state index contributed by atoms with van der Waals surface area (Å²) in [7, 11) is 0. The van der Waals surface area contributed by atoms with Gasteiger partial charge in [-0.25, -0.2) is 4.39 Å². The molecule has 5 nitrogen and oxygen atoms in total. The quantitative estimate of drug-likeness (QED) is 0.843. The number of halogens is 1. The minimum Gasteiger partial charge on any atom is -0.483 e. The van der Waals surface area contributed by atoms with Crippen molar-refractivity contribution in [3.05, 3.63) is 29.6 Å². The fourth-order valence-electron chi connectivity index (χ4n) is 2.10. The van der Waals surface area contributed by atoms with Crippen molar-refractivity contribution in [3.63, 3.8) is 0 Å². The molecule has 1 aromatic carbocycles. The molecule has 0 atom stereocenters. The lowest BCUT2D eigenvalue weighted by Gasteiger charge is -2.23. The molecule has 20 heavy (non-hydrogen) atoms. The fraction of sp³-hybridized carbons (Fsp3) is 0.500. The summed E-state index contributed by atoms with van der Waals surface area (Å²) in [5.41, 5.74) is 6.06. The summed E-state index contributed by atoms with van der Waals surface area (Å²) in [6.07, 6.45) is 1.63. The zero-order valence-electron chi connectivity index (χ0n) is 11.2. The second-order valence-corrected chi connectivity index (χ2v) is 4.70. The van der Waals surface area contributed by atoms with Gasteiger partial charge in [0.25, 0.3) is 5.91 Å². The van der Waals surface area contributed by atoms with Gasteiger partial charge < -0.3 is 20.5 Å². The van der Waals surface area contributed by atoms with Crippen LogP contribution in [0.1, 0.15) is 18.4 Å². The van der Waals surface area contributed by atoms with Crippen molar-refractivity contribution >= 4 is 5.91 Å². The number of nitrogens with two attached hydrogens (primary N) is 1. The first-order chi connectivity index (χ1) is 9.69. The fourth-order valence-corrected chi connectivity index (χ4v) is 2.10. The first-order valence-corrected chi connectivity index (χ1v) is 6.67. The van der Waals surface area contributed by atoms with Gasteiger partial charge in [0.05, 0.1) is 0 Å². The Hall–Kier alpha value is -1.66. The first-order valence-electron chi connectivity index (χ1n) is 6.67. The third-order valence-electron chi connectivity index (χ3n) is 3.19. The molecule has 0 unspecified atom stereocenters. The summed E-state index contributed by atoms with van der Waals surface area (Å²) < 4.78 is 23.7. The number of carbonyl (C=O) groups excluding carboxylic acids is 1. The van der Waals surface area contributed by atoms with Gasteiger partial charge in [-0.1, -0.05) is 0 Å². The smallest absolute Gasteiger partial charge is 0.258 e. The van der Waals surface area contributed by atoms with Gasteiger partial charge >= 0.3 is 0 Å². The molecule has 0 saturated carbocycles. The van der Waals surface area contributed by atoms with Gasteiger partial charge in [-0.15, -0.1) is 0 Å². The van der Waals surface area contributed by atoms with Crippen molar-refractivity contribution in [3.8, 4) is 5.75 Å². The third kappa shape index (κ3) is 4.18. The summed E-state index contributed by atoms with van der Waals surface area (Å²) in [4.78, 5) is 11.8. The Morgan fingerprint density at radius 3 is 2.90 bits per heavy atom. The van der Waals surface area contributed by atoms with Crippen molar-refractivity contribution in [1.29, 1.82) is 0 Å². The molecule has 1 amide bonds. The topological polar surface area (TPSA) is 73.6 Å². The predicted molar refractivity (Wildman–Crippen MR) is 71.8 cm³/mol. The molecule has 0 aromatic heterocycles. The van der Waals surface area contributed by atoms with Crippen molar-refractivity contribution in [2.45, 2.75) is 25.4 Å². The molecular weight excluding hydrogens is 263 g/mol. The summed E-state index contributed by atoms with van der Waals surface area (Å²) in [6.45, 7) is 1.40. The third-order valence-corrected chi connectivity index (χ3v) is 3.19. The van der Waals surface area contributed by atoms with E-state index < -0.39 is 0 Å². The molecule has 3 N–H and O–H groups in total. The molecule has 0 bridgehead atoms. The standard InChI is InChI=1S/C14H19FN2O3/c15-11-1-2-13(10(7-11)8-16)20-9-14(18)17-12-3-5-19-6-4-12/h1-2,7,12H,3-6,8-9,16H2,(H,17,18). The van der Waals surface area contributed by atoms with Gasteiger partial charge in [-0.3, -0.25) is 4.79 Å². The lowest BCUT2D eigenvalue weighted by atomic mass is 10.1. The maximum absolute atomic E-state index is 13.0. The second kappa shape index (κ2) is 7.21. The average Bonchev–Trinajstić information content (AvgIpc) is 2.47. The van der Waals surface area contributed by atoms with Gasteiger partial charge in [-0.05, 0) is 31.0 Å².